The Morgan fingerprint density at radius 1 is 1.25 bits per heavy atom. The molecule has 0 aliphatic heterocycles. The minimum Gasteiger partial charge on any atom is -0.367 e. The number of nitrogens with zero attached hydrogens (tertiary/aromatic N) is 2. The zero-order chi connectivity index (χ0) is 14.2. The van der Waals surface area contributed by atoms with E-state index in [0.29, 0.717) is 16.7 Å². The molecule has 1 aliphatic carbocycles. The largest absolute Gasteiger partial charge is 0.367 e. The first-order chi connectivity index (χ1) is 9.53. The third-order valence-electron chi connectivity index (χ3n) is 4.12. The molecule has 2 aromatic rings. The van der Waals surface area contributed by atoms with Crippen molar-refractivity contribution in [2.45, 2.75) is 45.6 Å². The number of rotatable bonds is 2. The number of anilines is 1. The van der Waals surface area contributed by atoms with Crippen molar-refractivity contribution in [3.05, 3.63) is 29.5 Å². The molecule has 3 rings (SSSR count). The van der Waals surface area contributed by atoms with Gasteiger partial charge < -0.3 is 5.32 Å². The van der Waals surface area contributed by atoms with Crippen LogP contribution in [0, 0.1) is 5.41 Å². The van der Waals surface area contributed by atoms with Crippen molar-refractivity contribution in [1.82, 2.24) is 9.97 Å². The molecule has 4 heteroatoms. The number of fused-ring (bicyclic) bond motifs is 1. The molecule has 0 bridgehead atoms. The van der Waals surface area contributed by atoms with E-state index in [-0.39, 0.29) is 0 Å². The van der Waals surface area contributed by atoms with Gasteiger partial charge in [-0.15, -0.1) is 0 Å². The number of aromatic nitrogens is 2. The van der Waals surface area contributed by atoms with E-state index in [1.807, 2.05) is 24.3 Å². The second-order valence-electron chi connectivity index (χ2n) is 6.46. The lowest BCUT2D eigenvalue weighted by Gasteiger charge is -2.35. The highest BCUT2D eigenvalue weighted by Gasteiger charge is 2.28. The predicted molar refractivity (Wildman–Crippen MR) is 84.2 cm³/mol. The Balaban J connectivity index is 1.90. The summed E-state index contributed by atoms with van der Waals surface area (Å²) in [6.07, 6.45) is 4.93. The lowest BCUT2D eigenvalue weighted by molar-refractivity contribution is 0.229. The lowest BCUT2D eigenvalue weighted by atomic mass is 9.75. The molecule has 0 radical (unpaired) electrons. The van der Waals surface area contributed by atoms with E-state index in [2.05, 4.69) is 29.1 Å². The Morgan fingerprint density at radius 3 is 2.85 bits per heavy atom. The quantitative estimate of drug-likeness (QED) is 0.817. The van der Waals surface area contributed by atoms with Gasteiger partial charge in [0.05, 0.1) is 5.52 Å². The number of hydrogen-bond donors (Lipinski definition) is 1. The fraction of sp³-hybridized carbons (Fsp3) is 0.500. The molecular formula is C16H20ClN3. The summed E-state index contributed by atoms with van der Waals surface area (Å²) in [6, 6.07) is 8.46. The maximum atomic E-state index is 6.04. The summed E-state index contributed by atoms with van der Waals surface area (Å²) < 4.78 is 0. The molecule has 1 heterocycles. The van der Waals surface area contributed by atoms with Gasteiger partial charge in [-0.2, -0.15) is 0 Å². The van der Waals surface area contributed by atoms with E-state index in [1.54, 1.807) is 0 Å². The fourth-order valence-corrected chi connectivity index (χ4v) is 3.35. The van der Waals surface area contributed by atoms with Crippen LogP contribution in [-0.4, -0.2) is 16.0 Å². The van der Waals surface area contributed by atoms with E-state index < -0.39 is 0 Å². The molecule has 20 heavy (non-hydrogen) atoms. The zero-order valence-electron chi connectivity index (χ0n) is 12.0. The van der Waals surface area contributed by atoms with Gasteiger partial charge in [-0.3, -0.25) is 0 Å². The van der Waals surface area contributed by atoms with Gasteiger partial charge in [0.2, 0.25) is 5.28 Å². The van der Waals surface area contributed by atoms with Gasteiger partial charge in [0, 0.05) is 11.4 Å². The molecule has 1 aliphatic rings. The molecule has 1 aromatic heterocycles. The van der Waals surface area contributed by atoms with Gasteiger partial charge in [0.1, 0.15) is 5.82 Å². The lowest BCUT2D eigenvalue weighted by Crippen LogP contribution is -2.32. The summed E-state index contributed by atoms with van der Waals surface area (Å²) in [6.45, 7) is 4.68. The first kappa shape index (κ1) is 13.6. The minimum atomic E-state index is 0.307. The van der Waals surface area contributed by atoms with Crippen molar-refractivity contribution < 1.29 is 0 Å². The van der Waals surface area contributed by atoms with Crippen molar-refractivity contribution in [2.75, 3.05) is 5.32 Å². The highest BCUT2D eigenvalue weighted by atomic mass is 35.5. The van der Waals surface area contributed by atoms with E-state index in [4.69, 9.17) is 11.6 Å². The molecule has 0 saturated heterocycles. The van der Waals surface area contributed by atoms with Crippen LogP contribution >= 0.6 is 11.6 Å². The van der Waals surface area contributed by atoms with Gasteiger partial charge in [0.15, 0.2) is 0 Å². The summed E-state index contributed by atoms with van der Waals surface area (Å²) in [4.78, 5) is 8.66. The van der Waals surface area contributed by atoms with Crippen LogP contribution in [0.5, 0.6) is 0 Å². The van der Waals surface area contributed by atoms with Crippen LogP contribution in [0.2, 0.25) is 5.28 Å². The normalized spacial score (nSPS) is 21.9. The Hall–Kier alpha value is -1.35. The van der Waals surface area contributed by atoms with Gasteiger partial charge in [0.25, 0.3) is 0 Å². The smallest absolute Gasteiger partial charge is 0.224 e. The average molecular weight is 290 g/mol. The minimum absolute atomic E-state index is 0.307. The van der Waals surface area contributed by atoms with Crippen LogP contribution in [-0.2, 0) is 0 Å². The third-order valence-corrected chi connectivity index (χ3v) is 4.29. The number of halogens is 1. The van der Waals surface area contributed by atoms with Crippen molar-refractivity contribution in [3.8, 4) is 0 Å². The highest BCUT2D eigenvalue weighted by Crippen LogP contribution is 2.36. The summed E-state index contributed by atoms with van der Waals surface area (Å²) in [7, 11) is 0. The molecule has 3 nitrogen and oxygen atoms in total. The molecule has 1 N–H and O–H groups in total. The molecule has 1 fully saturated rings. The zero-order valence-corrected chi connectivity index (χ0v) is 12.7. The Labute approximate surface area is 124 Å². The highest BCUT2D eigenvalue weighted by molar-refractivity contribution is 6.28. The number of hydrogen-bond acceptors (Lipinski definition) is 3. The van der Waals surface area contributed by atoms with Crippen LogP contribution in [0.15, 0.2) is 24.3 Å². The first-order valence-electron chi connectivity index (χ1n) is 7.22. The second-order valence-corrected chi connectivity index (χ2v) is 6.80. The van der Waals surface area contributed by atoms with Crippen molar-refractivity contribution >= 4 is 28.3 Å². The van der Waals surface area contributed by atoms with Gasteiger partial charge in [-0.1, -0.05) is 32.4 Å². The van der Waals surface area contributed by atoms with Gasteiger partial charge in [-0.05, 0) is 48.4 Å². The predicted octanol–water partition coefficient (Wildman–Crippen LogP) is 4.66. The van der Waals surface area contributed by atoms with E-state index in [0.717, 1.165) is 16.7 Å². The van der Waals surface area contributed by atoms with Crippen molar-refractivity contribution in [2.24, 2.45) is 5.41 Å². The van der Waals surface area contributed by atoms with Crippen LogP contribution in [0.3, 0.4) is 0 Å². The Morgan fingerprint density at radius 2 is 2.05 bits per heavy atom. The second kappa shape index (κ2) is 5.21. The molecule has 0 spiro atoms. The van der Waals surface area contributed by atoms with Gasteiger partial charge in [-0.25, -0.2) is 9.97 Å². The van der Waals surface area contributed by atoms with Crippen LogP contribution in [0.1, 0.15) is 39.5 Å². The maximum Gasteiger partial charge on any atom is 0.224 e. The molecule has 1 aromatic carbocycles. The summed E-state index contributed by atoms with van der Waals surface area (Å²) in [5.41, 5.74) is 1.30. The molecular weight excluding hydrogens is 270 g/mol. The van der Waals surface area contributed by atoms with Crippen molar-refractivity contribution in [1.29, 1.82) is 0 Å². The maximum absolute atomic E-state index is 6.04. The number of nitrogens with one attached hydrogen (secondary N) is 1. The van der Waals surface area contributed by atoms with Gasteiger partial charge >= 0.3 is 0 Å². The van der Waals surface area contributed by atoms with E-state index in [1.165, 1.54) is 25.7 Å². The Kier molecular flexibility index (Phi) is 3.55. The molecule has 1 unspecified atom stereocenters. The standard InChI is InChI=1S/C16H20ClN3/c1-16(2)9-5-6-11(10-16)18-14-12-7-3-4-8-13(12)19-15(17)20-14/h3-4,7-8,11H,5-6,9-10H2,1-2H3,(H,18,19,20). The summed E-state index contributed by atoms with van der Waals surface area (Å²) >= 11 is 6.04. The molecule has 106 valence electrons. The van der Waals surface area contributed by atoms with Crippen LogP contribution < -0.4 is 5.32 Å². The van der Waals surface area contributed by atoms with Crippen LogP contribution in [0.25, 0.3) is 10.9 Å². The summed E-state index contributed by atoms with van der Waals surface area (Å²) in [5, 5.41) is 4.93. The van der Waals surface area contributed by atoms with Crippen LogP contribution in [0.4, 0.5) is 5.82 Å². The van der Waals surface area contributed by atoms with E-state index in [9.17, 15) is 0 Å². The average Bonchev–Trinajstić information content (AvgIpc) is 2.37. The molecule has 0 amide bonds. The first-order valence-corrected chi connectivity index (χ1v) is 7.60. The third kappa shape index (κ3) is 2.88. The molecule has 1 saturated carbocycles. The Bertz CT molecular complexity index is 624. The molecule has 1 atom stereocenters. The van der Waals surface area contributed by atoms with E-state index >= 15 is 0 Å². The van der Waals surface area contributed by atoms with Crippen molar-refractivity contribution in [3.63, 3.8) is 0 Å². The monoisotopic (exact) mass is 289 g/mol. The SMILES string of the molecule is CC1(C)CCCC(Nc2nc(Cl)nc3ccccc23)C1. The summed E-state index contributed by atoms with van der Waals surface area (Å²) in [5.74, 6) is 0.864. The fourth-order valence-electron chi connectivity index (χ4n) is 3.17. The topological polar surface area (TPSA) is 37.8 Å². The number of para-hydroxylation sites is 1. The number of benzene rings is 1.